The molecule has 0 spiro atoms. The number of allylic oxidation sites excluding steroid dienone is 2. The number of hydrogen-bond acceptors (Lipinski definition) is 1. The molecule has 0 aromatic carbocycles. The first-order valence-electron chi connectivity index (χ1n) is 4.49. The van der Waals surface area contributed by atoms with Crippen LogP contribution in [-0.4, -0.2) is 6.04 Å². The van der Waals surface area contributed by atoms with Crippen molar-refractivity contribution < 1.29 is 0 Å². The van der Waals surface area contributed by atoms with Crippen LogP contribution in [0.15, 0.2) is 23.3 Å². The molecule has 0 aromatic rings. The van der Waals surface area contributed by atoms with Crippen molar-refractivity contribution in [2.24, 2.45) is 5.92 Å². The molecule has 0 saturated heterocycles. The standard InChI is InChI=1S/C10H18NP/c1-4-5-9-7(2)6-8(3)10(9)11-12/h4-5,8,10-11H,6,12H2,1-3H3/b5-4-. The van der Waals surface area contributed by atoms with Crippen molar-refractivity contribution in [3.8, 4) is 0 Å². The number of nitrogens with one attached hydrogen (secondary N) is 1. The number of hydrogen-bond donors (Lipinski definition) is 1. The van der Waals surface area contributed by atoms with Gasteiger partial charge in [-0.1, -0.05) is 34.0 Å². The molecule has 0 aliphatic heterocycles. The Morgan fingerprint density at radius 1 is 1.58 bits per heavy atom. The van der Waals surface area contributed by atoms with Crippen molar-refractivity contribution in [1.29, 1.82) is 0 Å². The van der Waals surface area contributed by atoms with Crippen LogP contribution < -0.4 is 5.09 Å². The van der Waals surface area contributed by atoms with Gasteiger partial charge in [0.15, 0.2) is 0 Å². The second kappa shape index (κ2) is 4.20. The van der Waals surface area contributed by atoms with Crippen molar-refractivity contribution in [3.63, 3.8) is 0 Å². The van der Waals surface area contributed by atoms with Gasteiger partial charge < -0.3 is 0 Å². The Morgan fingerprint density at radius 3 is 2.75 bits per heavy atom. The van der Waals surface area contributed by atoms with Crippen LogP contribution in [-0.2, 0) is 0 Å². The molecule has 1 nitrogen and oxygen atoms in total. The first-order chi connectivity index (χ1) is 5.70. The third-order valence-electron chi connectivity index (χ3n) is 2.55. The van der Waals surface area contributed by atoms with Gasteiger partial charge in [0.05, 0.1) is 0 Å². The van der Waals surface area contributed by atoms with Crippen molar-refractivity contribution in [2.75, 3.05) is 0 Å². The zero-order valence-corrected chi connectivity index (χ0v) is 9.25. The predicted molar refractivity (Wildman–Crippen MR) is 57.9 cm³/mol. The van der Waals surface area contributed by atoms with E-state index in [1.807, 2.05) is 0 Å². The van der Waals surface area contributed by atoms with Crippen molar-refractivity contribution in [2.45, 2.75) is 33.2 Å². The van der Waals surface area contributed by atoms with Crippen LogP contribution in [0.2, 0.25) is 0 Å². The summed E-state index contributed by atoms with van der Waals surface area (Å²) >= 11 is 0. The summed E-state index contributed by atoms with van der Waals surface area (Å²) in [6.45, 7) is 6.60. The zero-order chi connectivity index (χ0) is 9.14. The van der Waals surface area contributed by atoms with Crippen LogP contribution in [0.25, 0.3) is 0 Å². The number of rotatable bonds is 2. The van der Waals surface area contributed by atoms with Crippen molar-refractivity contribution in [3.05, 3.63) is 23.3 Å². The van der Waals surface area contributed by atoms with E-state index in [4.69, 9.17) is 0 Å². The Morgan fingerprint density at radius 2 is 2.25 bits per heavy atom. The molecule has 0 saturated carbocycles. The lowest BCUT2D eigenvalue weighted by Crippen LogP contribution is -2.25. The van der Waals surface area contributed by atoms with Gasteiger partial charge in [-0.15, -0.1) is 0 Å². The van der Waals surface area contributed by atoms with Crippen LogP contribution in [0, 0.1) is 5.92 Å². The van der Waals surface area contributed by atoms with Gasteiger partial charge in [0.25, 0.3) is 0 Å². The third-order valence-corrected chi connectivity index (χ3v) is 2.91. The molecule has 12 heavy (non-hydrogen) atoms. The molecule has 3 atom stereocenters. The highest BCUT2D eigenvalue weighted by atomic mass is 31.0. The molecule has 0 bridgehead atoms. The van der Waals surface area contributed by atoms with Gasteiger partial charge in [0.2, 0.25) is 0 Å². The van der Waals surface area contributed by atoms with E-state index in [1.54, 1.807) is 0 Å². The first-order valence-corrected chi connectivity index (χ1v) is 5.07. The summed E-state index contributed by atoms with van der Waals surface area (Å²) in [6.07, 6.45) is 5.57. The summed E-state index contributed by atoms with van der Waals surface area (Å²) in [5.74, 6) is 0.730. The van der Waals surface area contributed by atoms with Gasteiger partial charge in [0, 0.05) is 6.04 Å². The Kier molecular flexibility index (Phi) is 3.49. The monoisotopic (exact) mass is 183 g/mol. The van der Waals surface area contributed by atoms with Crippen molar-refractivity contribution >= 4 is 9.39 Å². The Bertz CT molecular complexity index is 218. The Balaban J connectivity index is 2.84. The van der Waals surface area contributed by atoms with Gasteiger partial charge >= 0.3 is 0 Å². The Labute approximate surface area is 77.6 Å². The lowest BCUT2D eigenvalue weighted by atomic mass is 10.0. The predicted octanol–water partition coefficient (Wildman–Crippen LogP) is 2.67. The average molecular weight is 183 g/mol. The summed E-state index contributed by atoms with van der Waals surface area (Å²) < 4.78 is 0. The fraction of sp³-hybridized carbons (Fsp3) is 0.600. The van der Waals surface area contributed by atoms with Crippen LogP contribution in [0.5, 0.6) is 0 Å². The second-order valence-corrected chi connectivity index (χ2v) is 3.89. The maximum absolute atomic E-state index is 3.29. The summed E-state index contributed by atoms with van der Waals surface area (Å²) in [7, 11) is 2.62. The van der Waals surface area contributed by atoms with Gasteiger partial charge in [-0.3, -0.25) is 5.09 Å². The fourth-order valence-electron chi connectivity index (χ4n) is 1.97. The molecule has 68 valence electrons. The molecule has 0 radical (unpaired) electrons. The molecule has 1 N–H and O–H groups in total. The Hall–Kier alpha value is -0.130. The minimum Gasteiger partial charge on any atom is -0.293 e. The van der Waals surface area contributed by atoms with Crippen LogP contribution in [0.1, 0.15) is 27.2 Å². The lowest BCUT2D eigenvalue weighted by molar-refractivity contribution is 0.522. The minimum atomic E-state index is 0.534. The van der Waals surface area contributed by atoms with E-state index in [-0.39, 0.29) is 0 Å². The van der Waals surface area contributed by atoms with E-state index in [0.717, 1.165) is 5.92 Å². The summed E-state index contributed by atoms with van der Waals surface area (Å²) in [5, 5.41) is 3.29. The summed E-state index contributed by atoms with van der Waals surface area (Å²) in [5.41, 5.74) is 3.00. The molecule has 3 unspecified atom stereocenters. The fourth-order valence-corrected chi connectivity index (χ4v) is 2.48. The van der Waals surface area contributed by atoms with E-state index in [0.29, 0.717) is 6.04 Å². The van der Waals surface area contributed by atoms with E-state index in [1.165, 1.54) is 17.6 Å². The third kappa shape index (κ3) is 1.78. The largest absolute Gasteiger partial charge is 0.293 e. The molecule has 1 aliphatic rings. The molecule has 0 fully saturated rings. The van der Waals surface area contributed by atoms with Gasteiger partial charge in [-0.05, 0) is 31.8 Å². The van der Waals surface area contributed by atoms with Gasteiger partial charge in [-0.2, -0.15) is 0 Å². The van der Waals surface area contributed by atoms with E-state index in [9.17, 15) is 0 Å². The van der Waals surface area contributed by atoms with E-state index in [2.05, 4.69) is 47.4 Å². The van der Waals surface area contributed by atoms with Gasteiger partial charge in [-0.25, -0.2) is 0 Å². The molecule has 0 amide bonds. The quantitative estimate of drug-likeness (QED) is 0.649. The normalized spacial score (nSPS) is 30.7. The smallest absolute Gasteiger partial charge is 0.0379 e. The molecule has 2 heteroatoms. The second-order valence-electron chi connectivity index (χ2n) is 3.56. The highest BCUT2D eigenvalue weighted by molar-refractivity contribution is 7.13. The SMILES string of the molecule is C/C=C\C1=C(C)CC(C)C1NP. The summed E-state index contributed by atoms with van der Waals surface area (Å²) in [4.78, 5) is 0. The maximum Gasteiger partial charge on any atom is 0.0379 e. The highest BCUT2D eigenvalue weighted by Gasteiger charge is 2.26. The maximum atomic E-state index is 3.29. The molecule has 1 aliphatic carbocycles. The van der Waals surface area contributed by atoms with Crippen LogP contribution in [0.4, 0.5) is 0 Å². The first kappa shape index (κ1) is 9.95. The average Bonchev–Trinajstić information content (AvgIpc) is 2.28. The molecule has 1 rings (SSSR count). The molecular weight excluding hydrogens is 165 g/mol. The molecule has 0 aromatic heterocycles. The topological polar surface area (TPSA) is 12.0 Å². The van der Waals surface area contributed by atoms with Crippen LogP contribution in [0.3, 0.4) is 0 Å². The zero-order valence-electron chi connectivity index (χ0n) is 8.09. The molecule has 0 heterocycles. The highest BCUT2D eigenvalue weighted by Crippen LogP contribution is 2.32. The van der Waals surface area contributed by atoms with Crippen LogP contribution >= 0.6 is 9.39 Å². The summed E-state index contributed by atoms with van der Waals surface area (Å²) in [6, 6.07) is 0.534. The van der Waals surface area contributed by atoms with E-state index >= 15 is 0 Å². The van der Waals surface area contributed by atoms with Gasteiger partial charge in [0.1, 0.15) is 0 Å². The minimum absolute atomic E-state index is 0.534. The lowest BCUT2D eigenvalue weighted by Gasteiger charge is -2.16. The van der Waals surface area contributed by atoms with Crippen molar-refractivity contribution in [1.82, 2.24) is 5.09 Å². The van der Waals surface area contributed by atoms with E-state index < -0.39 is 0 Å². The molecular formula is C10H18NP.